The highest BCUT2D eigenvalue weighted by atomic mass is 16.2. The van der Waals surface area contributed by atoms with E-state index in [0.29, 0.717) is 25.4 Å². The fourth-order valence-electron chi connectivity index (χ4n) is 4.86. The lowest BCUT2D eigenvalue weighted by atomic mass is 10.0. The van der Waals surface area contributed by atoms with Crippen molar-refractivity contribution < 1.29 is 14.4 Å². The minimum Gasteiger partial charge on any atom is -0.343 e. The van der Waals surface area contributed by atoms with Crippen LogP contribution in [0, 0.1) is 5.92 Å². The number of hydrogen-bond acceptors (Lipinski definition) is 4. The van der Waals surface area contributed by atoms with Crippen molar-refractivity contribution in [2.45, 2.75) is 64.5 Å². The van der Waals surface area contributed by atoms with Gasteiger partial charge < -0.3 is 14.7 Å². The molecule has 0 N–H and O–H groups in total. The van der Waals surface area contributed by atoms with Crippen LogP contribution in [0.5, 0.6) is 0 Å². The Kier molecular flexibility index (Phi) is 5.88. The quantitative estimate of drug-likeness (QED) is 0.657. The molecule has 2 aromatic rings. The second-order valence-electron chi connectivity index (χ2n) is 9.94. The van der Waals surface area contributed by atoms with Gasteiger partial charge in [-0.15, -0.1) is 0 Å². The van der Waals surface area contributed by atoms with E-state index in [0.717, 1.165) is 53.9 Å². The van der Waals surface area contributed by atoms with Crippen molar-refractivity contribution in [3.05, 3.63) is 42.2 Å². The number of nitrogens with zero attached hydrogens (tertiary/aromatic N) is 4. The number of carbonyl (C=O) groups excluding carboxylic acids is 3. The number of carbonyl (C=O) groups is 3. The molecule has 7 heteroatoms. The summed E-state index contributed by atoms with van der Waals surface area (Å²) in [6, 6.07) is 10.3. The number of amides is 3. The van der Waals surface area contributed by atoms with Gasteiger partial charge in [0.25, 0.3) is 0 Å². The molecule has 0 radical (unpaired) electrons. The number of aryl methyl sites for hydroxylation is 1. The van der Waals surface area contributed by atoms with Gasteiger partial charge in [0.1, 0.15) is 0 Å². The number of aromatic nitrogens is 1. The topological polar surface area (TPSA) is 73.8 Å². The SMILES string of the molecule is CC(=O)N1c2ccc(-c3ccc(CCC(=O)N(C)C4CC4)nc3)cc2N(C(=O)C2CC2)C[C@@H]1C. The summed E-state index contributed by atoms with van der Waals surface area (Å²) in [7, 11) is 1.89. The third-order valence-electron chi connectivity index (χ3n) is 7.19. The first-order valence-electron chi connectivity index (χ1n) is 12.3. The highest BCUT2D eigenvalue weighted by Crippen LogP contribution is 2.42. The van der Waals surface area contributed by atoms with E-state index >= 15 is 0 Å². The molecule has 0 unspecified atom stereocenters. The first kappa shape index (κ1) is 22.6. The van der Waals surface area contributed by atoms with Gasteiger partial charge in [-0.05, 0) is 62.8 Å². The van der Waals surface area contributed by atoms with Crippen LogP contribution < -0.4 is 9.80 Å². The first-order chi connectivity index (χ1) is 16.3. The molecule has 3 aliphatic rings. The lowest BCUT2D eigenvalue weighted by Crippen LogP contribution is -2.51. The molecule has 0 saturated heterocycles. The van der Waals surface area contributed by atoms with Crippen LogP contribution in [0.15, 0.2) is 36.5 Å². The summed E-state index contributed by atoms with van der Waals surface area (Å²) >= 11 is 0. The molecule has 1 aromatic carbocycles. The molecule has 2 fully saturated rings. The Balaban J connectivity index is 1.37. The van der Waals surface area contributed by atoms with E-state index < -0.39 is 0 Å². The Labute approximate surface area is 200 Å². The molecule has 1 atom stereocenters. The van der Waals surface area contributed by atoms with E-state index in [4.69, 9.17) is 0 Å². The van der Waals surface area contributed by atoms with Crippen LogP contribution in [0.4, 0.5) is 11.4 Å². The van der Waals surface area contributed by atoms with E-state index in [1.807, 2.05) is 60.3 Å². The average Bonchev–Trinajstić information content (AvgIpc) is 3.74. The molecule has 7 nitrogen and oxygen atoms in total. The lowest BCUT2D eigenvalue weighted by molar-refractivity contribution is -0.130. The maximum absolute atomic E-state index is 13.0. The zero-order chi connectivity index (χ0) is 24.0. The number of hydrogen-bond donors (Lipinski definition) is 0. The van der Waals surface area contributed by atoms with Crippen LogP contribution in [-0.4, -0.2) is 53.3 Å². The zero-order valence-electron chi connectivity index (χ0n) is 20.2. The molecule has 1 aliphatic heterocycles. The van der Waals surface area contributed by atoms with Gasteiger partial charge in [-0.25, -0.2) is 0 Å². The fraction of sp³-hybridized carbons (Fsp3) is 0.481. The van der Waals surface area contributed by atoms with Gasteiger partial charge >= 0.3 is 0 Å². The zero-order valence-corrected chi connectivity index (χ0v) is 20.2. The van der Waals surface area contributed by atoms with E-state index in [9.17, 15) is 14.4 Å². The van der Waals surface area contributed by atoms with E-state index in [1.54, 1.807) is 11.8 Å². The van der Waals surface area contributed by atoms with Gasteiger partial charge in [-0.2, -0.15) is 0 Å². The van der Waals surface area contributed by atoms with Crippen LogP contribution in [0.1, 0.15) is 51.6 Å². The molecule has 3 amide bonds. The highest BCUT2D eigenvalue weighted by Gasteiger charge is 2.39. The van der Waals surface area contributed by atoms with Crippen LogP contribution in [0.2, 0.25) is 0 Å². The van der Waals surface area contributed by atoms with Crippen molar-refractivity contribution in [1.82, 2.24) is 9.88 Å². The Morgan fingerprint density at radius 3 is 2.38 bits per heavy atom. The number of benzene rings is 1. The smallest absolute Gasteiger partial charge is 0.230 e. The normalized spacial score (nSPS) is 19.6. The second kappa shape index (κ2) is 8.85. The number of pyridine rings is 1. The third-order valence-corrected chi connectivity index (χ3v) is 7.19. The maximum Gasteiger partial charge on any atom is 0.230 e. The molecular weight excluding hydrogens is 428 g/mol. The summed E-state index contributed by atoms with van der Waals surface area (Å²) in [5.74, 6) is 0.415. The predicted molar refractivity (Wildman–Crippen MR) is 131 cm³/mol. The van der Waals surface area contributed by atoms with Gasteiger partial charge in [0, 0.05) is 56.4 Å². The Bertz CT molecular complexity index is 1120. The molecule has 0 spiro atoms. The fourth-order valence-corrected chi connectivity index (χ4v) is 4.86. The molecule has 2 saturated carbocycles. The molecular formula is C27H32N4O3. The van der Waals surface area contributed by atoms with Gasteiger partial charge in [-0.3, -0.25) is 19.4 Å². The van der Waals surface area contributed by atoms with Crippen molar-refractivity contribution in [3.63, 3.8) is 0 Å². The standard InChI is InChI=1S/C27H32N4O3/c1-17-16-30(27(34)19-4-5-19)25-14-20(7-12-24(25)31(17)18(2)32)21-6-8-22(28-15-21)9-13-26(33)29(3)23-10-11-23/h6-8,12,14-15,17,19,23H,4-5,9-11,13,16H2,1-3H3/t17-/m0/s1. The minimum atomic E-state index is -0.0684. The summed E-state index contributed by atoms with van der Waals surface area (Å²) in [5, 5.41) is 0. The number of fused-ring (bicyclic) bond motifs is 1. The molecule has 2 heterocycles. The van der Waals surface area contributed by atoms with Crippen molar-refractivity contribution in [3.8, 4) is 11.1 Å². The van der Waals surface area contributed by atoms with E-state index in [1.165, 1.54) is 0 Å². The highest BCUT2D eigenvalue weighted by molar-refractivity contribution is 6.06. The van der Waals surface area contributed by atoms with Gasteiger partial charge in [0.2, 0.25) is 17.7 Å². The monoisotopic (exact) mass is 460 g/mol. The van der Waals surface area contributed by atoms with Crippen molar-refractivity contribution in [1.29, 1.82) is 0 Å². The van der Waals surface area contributed by atoms with Crippen LogP contribution in [0.3, 0.4) is 0 Å². The summed E-state index contributed by atoms with van der Waals surface area (Å²) in [6.07, 6.45) is 7.03. The summed E-state index contributed by atoms with van der Waals surface area (Å²) in [6.45, 7) is 4.06. The van der Waals surface area contributed by atoms with Crippen LogP contribution in [0.25, 0.3) is 11.1 Å². The molecule has 0 bridgehead atoms. The van der Waals surface area contributed by atoms with Gasteiger partial charge in [0.05, 0.1) is 17.4 Å². The molecule has 2 aliphatic carbocycles. The second-order valence-corrected chi connectivity index (χ2v) is 9.94. The predicted octanol–water partition coefficient (Wildman–Crippen LogP) is 3.80. The van der Waals surface area contributed by atoms with Gasteiger partial charge in [0.15, 0.2) is 0 Å². The van der Waals surface area contributed by atoms with Crippen molar-refractivity contribution in [2.75, 3.05) is 23.4 Å². The lowest BCUT2D eigenvalue weighted by Gasteiger charge is -2.41. The van der Waals surface area contributed by atoms with E-state index in [2.05, 4.69) is 4.98 Å². The number of anilines is 2. The van der Waals surface area contributed by atoms with Crippen LogP contribution in [-0.2, 0) is 20.8 Å². The minimum absolute atomic E-state index is 0.0204. The number of rotatable bonds is 6. The summed E-state index contributed by atoms with van der Waals surface area (Å²) < 4.78 is 0. The molecule has 5 rings (SSSR count). The Morgan fingerprint density at radius 1 is 1.03 bits per heavy atom. The van der Waals surface area contributed by atoms with Crippen LogP contribution >= 0.6 is 0 Å². The largest absolute Gasteiger partial charge is 0.343 e. The van der Waals surface area contributed by atoms with E-state index in [-0.39, 0.29) is 29.7 Å². The van der Waals surface area contributed by atoms with Crippen molar-refractivity contribution in [2.24, 2.45) is 5.92 Å². The van der Waals surface area contributed by atoms with Crippen molar-refractivity contribution >= 4 is 29.1 Å². The maximum atomic E-state index is 13.0. The molecule has 178 valence electrons. The first-order valence-corrected chi connectivity index (χ1v) is 12.3. The molecule has 1 aromatic heterocycles. The average molecular weight is 461 g/mol. The Hall–Kier alpha value is -3.22. The summed E-state index contributed by atoms with van der Waals surface area (Å²) in [5.41, 5.74) is 4.36. The molecule has 34 heavy (non-hydrogen) atoms. The third kappa shape index (κ3) is 4.43. The summed E-state index contributed by atoms with van der Waals surface area (Å²) in [4.78, 5) is 47.8. The Morgan fingerprint density at radius 2 is 1.76 bits per heavy atom. The van der Waals surface area contributed by atoms with Gasteiger partial charge in [-0.1, -0.05) is 12.1 Å².